The van der Waals surface area contributed by atoms with Crippen LogP contribution in [0.4, 0.5) is 0 Å². The average Bonchev–Trinajstić information content (AvgIpc) is 2.44. The summed E-state index contributed by atoms with van der Waals surface area (Å²) in [7, 11) is 1.63. The van der Waals surface area contributed by atoms with Gasteiger partial charge in [-0.25, -0.2) is 4.98 Å². The molecule has 0 bridgehead atoms. The van der Waals surface area contributed by atoms with Crippen molar-refractivity contribution in [3.8, 4) is 5.75 Å². The van der Waals surface area contributed by atoms with Crippen LogP contribution in [0.3, 0.4) is 0 Å². The summed E-state index contributed by atoms with van der Waals surface area (Å²) < 4.78 is 12.7. The normalized spacial score (nSPS) is 14.1. The van der Waals surface area contributed by atoms with Crippen LogP contribution in [0.2, 0.25) is 5.02 Å². The van der Waals surface area contributed by atoms with Crippen molar-refractivity contribution in [1.29, 1.82) is 0 Å². The SMILES string of the molecule is [2H]c1nc(=NC(C)c2ccc(OC)cc2)c(Cl)c(C)[nH]1. The number of hydrogen-bond acceptors (Lipinski definition) is 3. The van der Waals surface area contributed by atoms with E-state index in [0.717, 1.165) is 11.3 Å². The smallest absolute Gasteiger partial charge is 0.170 e. The third-order valence-corrected chi connectivity index (χ3v) is 3.30. The van der Waals surface area contributed by atoms with Gasteiger partial charge >= 0.3 is 0 Å². The van der Waals surface area contributed by atoms with Crippen LogP contribution in [0, 0.1) is 6.92 Å². The number of aromatic nitrogens is 2. The minimum atomic E-state index is -0.105. The third kappa shape index (κ3) is 3.15. The van der Waals surface area contributed by atoms with Crippen molar-refractivity contribution in [2.45, 2.75) is 19.9 Å². The summed E-state index contributed by atoms with van der Waals surface area (Å²) in [5.41, 5.74) is 2.10. The third-order valence-electron chi connectivity index (χ3n) is 2.84. The maximum absolute atomic E-state index is 7.57. The minimum absolute atomic E-state index is 0.0487. The first-order valence-corrected chi connectivity index (χ1v) is 6.30. The molecule has 0 fully saturated rings. The molecule has 2 rings (SSSR count). The molecular weight excluding hydrogens is 262 g/mol. The van der Waals surface area contributed by atoms with Gasteiger partial charge in [-0.05, 0) is 31.5 Å². The Labute approximate surface area is 118 Å². The first kappa shape index (κ1) is 12.2. The van der Waals surface area contributed by atoms with E-state index in [-0.39, 0.29) is 12.3 Å². The molecule has 1 unspecified atom stereocenters. The Balaban J connectivity index is 2.38. The lowest BCUT2D eigenvalue weighted by molar-refractivity contribution is 0.414. The van der Waals surface area contributed by atoms with Crippen LogP contribution in [-0.4, -0.2) is 17.1 Å². The Kier molecular flexibility index (Phi) is 3.79. The van der Waals surface area contributed by atoms with Gasteiger partial charge in [-0.1, -0.05) is 23.7 Å². The molecule has 1 aromatic carbocycles. The van der Waals surface area contributed by atoms with Crippen molar-refractivity contribution >= 4 is 11.6 Å². The van der Waals surface area contributed by atoms with E-state index in [1.165, 1.54) is 0 Å². The number of aromatic amines is 1. The predicted molar refractivity (Wildman–Crippen MR) is 75.3 cm³/mol. The summed E-state index contributed by atoms with van der Waals surface area (Å²) in [5.74, 6) is 0.802. The standard InChI is InChI=1S/C14H16ClN3O/c1-9(11-4-6-12(19-3)7-5-11)18-14-13(15)10(2)16-8-17-14/h4-9H,1-3H3,(H,16,17,18)/i8D. The zero-order valence-electron chi connectivity index (χ0n) is 12.1. The second kappa shape index (κ2) is 5.89. The zero-order chi connectivity index (χ0) is 14.7. The van der Waals surface area contributed by atoms with Gasteiger partial charge in [0.1, 0.15) is 12.1 Å². The Morgan fingerprint density at radius 1 is 1.42 bits per heavy atom. The van der Waals surface area contributed by atoms with Crippen LogP contribution in [0.25, 0.3) is 0 Å². The van der Waals surface area contributed by atoms with Crippen molar-refractivity contribution < 1.29 is 6.11 Å². The van der Waals surface area contributed by atoms with Crippen LogP contribution < -0.4 is 10.2 Å². The Hall–Kier alpha value is -1.81. The molecule has 0 amide bonds. The molecule has 0 saturated carbocycles. The topological polar surface area (TPSA) is 50.3 Å². The van der Waals surface area contributed by atoms with Crippen molar-refractivity contribution in [2.24, 2.45) is 4.99 Å². The molecule has 1 aromatic heterocycles. The second-order valence-electron chi connectivity index (χ2n) is 4.19. The summed E-state index contributed by atoms with van der Waals surface area (Å²) in [6.45, 7) is 3.74. The summed E-state index contributed by atoms with van der Waals surface area (Å²) >= 11 is 6.15. The number of ether oxygens (including phenoxy) is 1. The van der Waals surface area contributed by atoms with Crippen LogP contribution in [0.15, 0.2) is 35.6 Å². The first-order chi connectivity index (χ1) is 9.51. The first-order valence-electron chi connectivity index (χ1n) is 6.42. The molecule has 0 aliphatic rings. The van der Waals surface area contributed by atoms with Gasteiger partial charge in [-0.3, -0.25) is 4.99 Å². The highest BCUT2D eigenvalue weighted by Crippen LogP contribution is 2.19. The molecule has 1 atom stereocenters. The fourth-order valence-electron chi connectivity index (χ4n) is 1.66. The Morgan fingerprint density at radius 3 is 2.74 bits per heavy atom. The lowest BCUT2D eigenvalue weighted by atomic mass is 10.1. The van der Waals surface area contributed by atoms with Gasteiger partial charge in [0.05, 0.1) is 19.5 Å². The maximum Gasteiger partial charge on any atom is 0.170 e. The molecule has 0 spiro atoms. The number of methoxy groups -OCH3 is 1. The summed E-state index contributed by atoms with van der Waals surface area (Å²) in [5, 5.41) is 0.446. The highest BCUT2D eigenvalue weighted by molar-refractivity contribution is 6.30. The number of aryl methyl sites for hydroxylation is 1. The lowest BCUT2D eigenvalue weighted by Gasteiger charge is -2.08. The van der Waals surface area contributed by atoms with Gasteiger partial charge in [-0.2, -0.15) is 0 Å². The monoisotopic (exact) mass is 278 g/mol. The van der Waals surface area contributed by atoms with E-state index in [4.69, 9.17) is 17.7 Å². The second-order valence-corrected chi connectivity index (χ2v) is 4.57. The molecule has 0 radical (unpaired) electrons. The van der Waals surface area contributed by atoms with E-state index >= 15 is 0 Å². The van der Waals surface area contributed by atoms with Gasteiger partial charge in [-0.15, -0.1) is 0 Å². The van der Waals surface area contributed by atoms with E-state index in [9.17, 15) is 0 Å². The molecule has 0 aliphatic carbocycles. The fraction of sp³-hybridized carbons (Fsp3) is 0.286. The van der Waals surface area contributed by atoms with Crippen molar-refractivity contribution in [2.75, 3.05) is 7.11 Å². The van der Waals surface area contributed by atoms with E-state index in [0.29, 0.717) is 16.2 Å². The Bertz CT molecular complexity index is 667. The predicted octanol–water partition coefficient (Wildman–Crippen LogP) is 3.04. The highest BCUT2D eigenvalue weighted by atomic mass is 35.5. The molecule has 2 aromatic rings. The highest BCUT2D eigenvalue weighted by Gasteiger charge is 2.05. The summed E-state index contributed by atoms with van der Waals surface area (Å²) in [6, 6.07) is 7.56. The van der Waals surface area contributed by atoms with E-state index < -0.39 is 0 Å². The molecule has 5 heteroatoms. The quantitative estimate of drug-likeness (QED) is 0.938. The van der Waals surface area contributed by atoms with Crippen molar-refractivity contribution in [3.63, 3.8) is 0 Å². The molecule has 1 heterocycles. The number of nitrogens with one attached hydrogen (secondary N) is 1. The largest absolute Gasteiger partial charge is 0.497 e. The number of hydrogen-bond donors (Lipinski definition) is 1. The summed E-state index contributed by atoms with van der Waals surface area (Å²) in [4.78, 5) is 11.3. The van der Waals surface area contributed by atoms with Crippen LogP contribution in [0.1, 0.15) is 25.6 Å². The number of H-pyrrole nitrogens is 1. The number of rotatable bonds is 3. The molecular formula is C14H16ClN3O. The van der Waals surface area contributed by atoms with Crippen LogP contribution in [0.5, 0.6) is 5.75 Å². The van der Waals surface area contributed by atoms with E-state index in [1.807, 2.05) is 31.2 Å². The number of halogens is 1. The van der Waals surface area contributed by atoms with Crippen molar-refractivity contribution in [3.05, 3.63) is 52.3 Å². The van der Waals surface area contributed by atoms with Crippen molar-refractivity contribution in [1.82, 2.24) is 9.97 Å². The van der Waals surface area contributed by atoms with Gasteiger partial charge in [0.25, 0.3) is 0 Å². The van der Waals surface area contributed by atoms with Gasteiger partial charge < -0.3 is 9.72 Å². The van der Waals surface area contributed by atoms with E-state index in [2.05, 4.69) is 15.0 Å². The van der Waals surface area contributed by atoms with Gasteiger partial charge in [0.15, 0.2) is 5.49 Å². The van der Waals surface area contributed by atoms with Gasteiger partial charge in [0.2, 0.25) is 0 Å². The maximum atomic E-state index is 7.57. The number of nitrogens with zero attached hydrogens (tertiary/aromatic N) is 2. The minimum Gasteiger partial charge on any atom is -0.497 e. The molecule has 100 valence electrons. The molecule has 0 saturated heterocycles. The average molecular weight is 279 g/mol. The molecule has 4 nitrogen and oxygen atoms in total. The molecule has 19 heavy (non-hydrogen) atoms. The fourth-order valence-corrected chi connectivity index (χ4v) is 1.80. The zero-order valence-corrected chi connectivity index (χ0v) is 11.8. The van der Waals surface area contributed by atoms with Crippen LogP contribution in [-0.2, 0) is 0 Å². The number of benzene rings is 1. The molecule has 1 N–H and O–H groups in total. The summed E-state index contributed by atoms with van der Waals surface area (Å²) in [6.07, 6.45) is 0.0487. The van der Waals surface area contributed by atoms with E-state index in [1.54, 1.807) is 14.0 Å². The lowest BCUT2D eigenvalue weighted by Crippen LogP contribution is -2.12. The van der Waals surface area contributed by atoms with Crippen LogP contribution >= 0.6 is 11.6 Å². The Morgan fingerprint density at radius 2 is 2.11 bits per heavy atom. The van der Waals surface area contributed by atoms with Gasteiger partial charge in [0, 0.05) is 5.69 Å². The molecule has 0 aliphatic heterocycles.